The molecular formula is C19H21N3O2. The molecular weight excluding hydrogens is 302 g/mol. The lowest BCUT2D eigenvalue weighted by atomic mass is 10.2. The van der Waals surface area contributed by atoms with E-state index in [1.54, 1.807) is 11.8 Å². The molecule has 0 aliphatic rings. The topological polar surface area (TPSA) is 66.1 Å². The van der Waals surface area contributed by atoms with Crippen molar-refractivity contribution in [3.05, 3.63) is 63.8 Å². The maximum atomic E-state index is 12.7. The third-order valence-corrected chi connectivity index (χ3v) is 3.31. The van der Waals surface area contributed by atoms with Crippen molar-refractivity contribution >= 4 is 5.91 Å². The number of amides is 1. The second-order valence-corrected chi connectivity index (χ2v) is 5.96. The minimum atomic E-state index is -0.419. The van der Waals surface area contributed by atoms with Crippen LogP contribution in [0.3, 0.4) is 0 Å². The minimum absolute atomic E-state index is 0.0442. The van der Waals surface area contributed by atoms with Crippen LogP contribution < -0.4 is 5.56 Å². The molecule has 2 rings (SSSR count). The second-order valence-electron chi connectivity index (χ2n) is 5.96. The first-order valence-electron chi connectivity index (χ1n) is 7.86. The molecule has 0 atom stereocenters. The van der Waals surface area contributed by atoms with Gasteiger partial charge in [0.05, 0.1) is 6.54 Å². The average Bonchev–Trinajstić information content (AvgIpc) is 2.54. The van der Waals surface area contributed by atoms with Crippen molar-refractivity contribution in [1.82, 2.24) is 14.9 Å². The van der Waals surface area contributed by atoms with E-state index in [0.717, 1.165) is 5.56 Å². The summed E-state index contributed by atoms with van der Waals surface area (Å²) in [4.78, 5) is 32.8. The monoisotopic (exact) mass is 323 g/mol. The molecule has 0 unspecified atom stereocenters. The van der Waals surface area contributed by atoms with E-state index in [-0.39, 0.29) is 23.9 Å². The Kier molecular flexibility index (Phi) is 5.91. The highest BCUT2D eigenvalue weighted by Crippen LogP contribution is 2.04. The lowest BCUT2D eigenvalue weighted by molar-refractivity contribution is 0.0757. The largest absolute Gasteiger partial charge is 0.327 e. The number of hydrogen-bond acceptors (Lipinski definition) is 3. The number of rotatable bonds is 4. The average molecular weight is 323 g/mol. The summed E-state index contributed by atoms with van der Waals surface area (Å²) in [5.74, 6) is 6.45. The molecule has 0 spiro atoms. The zero-order valence-corrected chi connectivity index (χ0v) is 14.2. The van der Waals surface area contributed by atoms with Gasteiger partial charge in [-0.3, -0.25) is 9.59 Å². The van der Waals surface area contributed by atoms with Crippen LogP contribution in [0.2, 0.25) is 0 Å². The van der Waals surface area contributed by atoms with Gasteiger partial charge < -0.3 is 9.88 Å². The Bertz CT molecular complexity index is 814. The van der Waals surface area contributed by atoms with Crippen LogP contribution in [0.1, 0.15) is 35.6 Å². The molecule has 1 amide bonds. The van der Waals surface area contributed by atoms with Crippen LogP contribution in [-0.2, 0) is 0 Å². The molecule has 24 heavy (non-hydrogen) atoms. The van der Waals surface area contributed by atoms with E-state index in [1.165, 1.54) is 6.20 Å². The van der Waals surface area contributed by atoms with Crippen molar-refractivity contribution < 1.29 is 4.79 Å². The van der Waals surface area contributed by atoms with E-state index < -0.39 is 5.56 Å². The molecule has 1 aromatic carbocycles. The van der Waals surface area contributed by atoms with E-state index in [4.69, 9.17) is 0 Å². The number of aryl methyl sites for hydroxylation is 1. The molecule has 0 saturated carbocycles. The van der Waals surface area contributed by atoms with Gasteiger partial charge in [0.15, 0.2) is 0 Å². The Hall–Kier alpha value is -2.87. The number of nitrogens with one attached hydrogen (secondary N) is 1. The Labute approximate surface area is 141 Å². The molecule has 5 heteroatoms. The van der Waals surface area contributed by atoms with E-state index >= 15 is 0 Å². The molecule has 0 fully saturated rings. The first-order valence-corrected chi connectivity index (χ1v) is 7.86. The molecule has 0 aliphatic carbocycles. The summed E-state index contributed by atoms with van der Waals surface area (Å²) in [5, 5.41) is 0. The van der Waals surface area contributed by atoms with E-state index in [1.807, 2.05) is 44.2 Å². The van der Waals surface area contributed by atoms with Gasteiger partial charge in [-0.15, -0.1) is 0 Å². The second kappa shape index (κ2) is 8.11. The Morgan fingerprint density at radius 3 is 2.62 bits per heavy atom. The standard InChI is InChI=1S/C19H21N3O2/c1-14(2)13-22(11-7-10-16-8-5-4-6-9-16)19(24)17-12-20-15(3)21-18(17)23/h4-6,8-9,12,14H,11,13H2,1-3H3,(H,20,21,23). The number of H-pyrrole nitrogens is 1. The van der Waals surface area contributed by atoms with Crippen molar-refractivity contribution in [2.45, 2.75) is 20.8 Å². The minimum Gasteiger partial charge on any atom is -0.327 e. The molecule has 1 N–H and O–H groups in total. The van der Waals surface area contributed by atoms with Crippen LogP contribution in [0.5, 0.6) is 0 Å². The number of aromatic amines is 1. The Balaban J connectivity index is 2.20. The van der Waals surface area contributed by atoms with Crippen LogP contribution in [0.4, 0.5) is 0 Å². The van der Waals surface area contributed by atoms with E-state index in [2.05, 4.69) is 21.8 Å². The predicted molar refractivity (Wildman–Crippen MR) is 93.7 cm³/mol. The highest BCUT2D eigenvalue weighted by molar-refractivity contribution is 5.93. The molecule has 0 saturated heterocycles. The summed E-state index contributed by atoms with van der Waals surface area (Å²) in [5.41, 5.74) is 0.518. The Morgan fingerprint density at radius 1 is 1.29 bits per heavy atom. The van der Waals surface area contributed by atoms with Gasteiger partial charge >= 0.3 is 0 Å². The molecule has 0 radical (unpaired) electrons. The first kappa shape index (κ1) is 17.5. The number of carbonyl (C=O) groups excluding carboxylic acids is 1. The van der Waals surface area contributed by atoms with Gasteiger partial charge in [-0.1, -0.05) is 43.9 Å². The third kappa shape index (κ3) is 4.82. The quantitative estimate of drug-likeness (QED) is 0.878. The molecule has 1 heterocycles. The summed E-state index contributed by atoms with van der Waals surface area (Å²) in [7, 11) is 0. The number of carbonyl (C=O) groups is 1. The SMILES string of the molecule is Cc1ncc(C(=O)N(CC#Cc2ccccc2)CC(C)C)c(=O)[nH]1. The van der Waals surface area contributed by atoms with Crippen molar-refractivity contribution in [3.63, 3.8) is 0 Å². The van der Waals surface area contributed by atoms with Crippen molar-refractivity contribution in [3.8, 4) is 11.8 Å². The maximum absolute atomic E-state index is 12.7. The van der Waals surface area contributed by atoms with Gasteiger partial charge in [0.2, 0.25) is 0 Å². The molecule has 0 bridgehead atoms. The van der Waals surface area contributed by atoms with Crippen molar-refractivity contribution in [2.75, 3.05) is 13.1 Å². The van der Waals surface area contributed by atoms with Gasteiger partial charge in [0.25, 0.3) is 11.5 Å². The fraction of sp³-hybridized carbons (Fsp3) is 0.316. The number of nitrogens with zero attached hydrogens (tertiary/aromatic N) is 2. The van der Waals surface area contributed by atoms with Crippen LogP contribution in [0.15, 0.2) is 41.3 Å². The normalized spacial score (nSPS) is 10.2. The smallest absolute Gasteiger partial charge is 0.263 e. The summed E-state index contributed by atoms with van der Waals surface area (Å²) in [6.07, 6.45) is 1.33. The summed E-state index contributed by atoms with van der Waals surface area (Å²) < 4.78 is 0. The number of benzene rings is 1. The Morgan fingerprint density at radius 2 is 2.00 bits per heavy atom. The van der Waals surface area contributed by atoms with Gasteiger partial charge in [-0.2, -0.15) is 0 Å². The fourth-order valence-electron chi connectivity index (χ4n) is 2.23. The third-order valence-electron chi connectivity index (χ3n) is 3.31. The fourth-order valence-corrected chi connectivity index (χ4v) is 2.23. The summed E-state index contributed by atoms with van der Waals surface area (Å²) >= 11 is 0. The predicted octanol–water partition coefficient (Wildman–Crippen LogP) is 2.23. The summed E-state index contributed by atoms with van der Waals surface area (Å²) in [6, 6.07) is 9.58. The first-order chi connectivity index (χ1) is 11.5. The molecule has 0 aliphatic heterocycles. The molecule has 2 aromatic rings. The number of aromatic nitrogens is 2. The van der Waals surface area contributed by atoms with Gasteiger partial charge in [-0.05, 0) is 25.0 Å². The zero-order chi connectivity index (χ0) is 17.5. The van der Waals surface area contributed by atoms with E-state index in [0.29, 0.717) is 12.4 Å². The molecule has 5 nitrogen and oxygen atoms in total. The van der Waals surface area contributed by atoms with Gasteiger partial charge in [0, 0.05) is 18.3 Å². The highest BCUT2D eigenvalue weighted by Gasteiger charge is 2.19. The van der Waals surface area contributed by atoms with E-state index in [9.17, 15) is 9.59 Å². The van der Waals surface area contributed by atoms with Crippen molar-refractivity contribution in [2.24, 2.45) is 5.92 Å². The van der Waals surface area contributed by atoms with Gasteiger partial charge in [0.1, 0.15) is 11.4 Å². The van der Waals surface area contributed by atoms with Gasteiger partial charge in [-0.25, -0.2) is 4.98 Å². The van der Waals surface area contributed by atoms with Crippen LogP contribution in [0, 0.1) is 24.7 Å². The van der Waals surface area contributed by atoms with Crippen LogP contribution in [-0.4, -0.2) is 33.9 Å². The zero-order valence-electron chi connectivity index (χ0n) is 14.2. The summed E-state index contributed by atoms with van der Waals surface area (Å²) in [6.45, 7) is 6.49. The molecule has 1 aromatic heterocycles. The lowest BCUT2D eigenvalue weighted by Crippen LogP contribution is -2.37. The lowest BCUT2D eigenvalue weighted by Gasteiger charge is -2.21. The maximum Gasteiger partial charge on any atom is 0.263 e. The number of hydrogen-bond donors (Lipinski definition) is 1. The van der Waals surface area contributed by atoms with Crippen LogP contribution >= 0.6 is 0 Å². The van der Waals surface area contributed by atoms with Crippen LogP contribution in [0.25, 0.3) is 0 Å². The highest BCUT2D eigenvalue weighted by atomic mass is 16.2. The molecule has 124 valence electrons. The van der Waals surface area contributed by atoms with Crippen molar-refractivity contribution in [1.29, 1.82) is 0 Å².